The van der Waals surface area contributed by atoms with E-state index in [4.69, 9.17) is 4.74 Å². The van der Waals surface area contributed by atoms with E-state index in [0.29, 0.717) is 13.0 Å². The maximum atomic E-state index is 11.8. The number of esters is 1. The van der Waals surface area contributed by atoms with Crippen LogP contribution in [0, 0.1) is 0 Å². The first-order valence-electron chi connectivity index (χ1n) is 18.0. The summed E-state index contributed by atoms with van der Waals surface area (Å²) in [5, 5.41) is 0. The van der Waals surface area contributed by atoms with E-state index in [1.54, 1.807) is 0 Å². The van der Waals surface area contributed by atoms with E-state index >= 15 is 0 Å². The molecule has 0 aliphatic heterocycles. The number of ether oxygens (including phenoxy) is 1. The van der Waals surface area contributed by atoms with Crippen molar-refractivity contribution in [3.05, 3.63) is 0 Å². The third kappa shape index (κ3) is 33.5. The molecule has 228 valence electrons. The molecule has 0 spiro atoms. The summed E-state index contributed by atoms with van der Waals surface area (Å²) in [7, 11) is 0. The molecule has 0 saturated carbocycles. The van der Waals surface area contributed by atoms with Crippen LogP contribution in [0.1, 0.15) is 219 Å². The van der Waals surface area contributed by atoms with Crippen LogP contribution in [-0.4, -0.2) is 12.6 Å². The zero-order valence-electron chi connectivity index (χ0n) is 26.7. The maximum Gasteiger partial charge on any atom is 0.305 e. The number of unbranched alkanes of at least 4 members (excludes halogenated alkanes) is 29. The Hall–Kier alpha value is -0.530. The van der Waals surface area contributed by atoms with Crippen molar-refractivity contribution >= 4 is 5.97 Å². The summed E-state index contributed by atoms with van der Waals surface area (Å²) in [6.07, 6.45) is 43.2. The van der Waals surface area contributed by atoms with Gasteiger partial charge in [0.25, 0.3) is 0 Å². The number of carbonyl (C=O) groups excluding carboxylic acids is 1. The van der Waals surface area contributed by atoms with Gasteiger partial charge in [0, 0.05) is 6.42 Å². The van der Waals surface area contributed by atoms with E-state index in [1.165, 1.54) is 186 Å². The van der Waals surface area contributed by atoms with Gasteiger partial charge in [-0.25, -0.2) is 0 Å². The zero-order chi connectivity index (χ0) is 27.6. The minimum absolute atomic E-state index is 0.0245. The lowest BCUT2D eigenvalue weighted by Gasteiger charge is -2.06. The first-order chi connectivity index (χ1) is 18.8. The summed E-state index contributed by atoms with van der Waals surface area (Å²) >= 11 is 0. The molecule has 0 rings (SSSR count). The molecule has 0 aromatic carbocycles. The van der Waals surface area contributed by atoms with E-state index in [9.17, 15) is 4.79 Å². The van der Waals surface area contributed by atoms with Gasteiger partial charge in [-0.05, 0) is 12.8 Å². The van der Waals surface area contributed by atoms with Crippen LogP contribution in [0.25, 0.3) is 0 Å². The second kappa shape index (κ2) is 34.5. The fourth-order valence-corrected chi connectivity index (χ4v) is 5.55. The molecule has 0 aliphatic carbocycles. The van der Waals surface area contributed by atoms with Crippen molar-refractivity contribution in [1.29, 1.82) is 0 Å². The smallest absolute Gasteiger partial charge is 0.305 e. The molecule has 0 unspecified atom stereocenters. The van der Waals surface area contributed by atoms with E-state index in [0.717, 1.165) is 12.8 Å². The van der Waals surface area contributed by atoms with Crippen LogP contribution in [0.15, 0.2) is 0 Å². The van der Waals surface area contributed by atoms with Gasteiger partial charge in [-0.3, -0.25) is 4.79 Å². The molecule has 0 bridgehead atoms. The minimum Gasteiger partial charge on any atom is -0.466 e. The molecule has 2 nitrogen and oxygen atoms in total. The van der Waals surface area contributed by atoms with Crippen LogP contribution in [0.4, 0.5) is 0 Å². The highest BCUT2D eigenvalue weighted by molar-refractivity contribution is 5.69. The quantitative estimate of drug-likeness (QED) is 0.0615. The fraction of sp³-hybridized carbons (Fsp3) is 0.972. The zero-order valence-corrected chi connectivity index (χ0v) is 26.7. The highest BCUT2D eigenvalue weighted by atomic mass is 16.5. The average molecular weight is 537 g/mol. The van der Waals surface area contributed by atoms with Crippen LogP contribution in [0.3, 0.4) is 0 Å². The molecular weight excluding hydrogens is 464 g/mol. The largest absolute Gasteiger partial charge is 0.466 e. The lowest BCUT2D eigenvalue weighted by molar-refractivity contribution is -0.143. The van der Waals surface area contributed by atoms with Gasteiger partial charge in [0.1, 0.15) is 0 Å². The van der Waals surface area contributed by atoms with Gasteiger partial charge in [-0.1, -0.05) is 200 Å². The van der Waals surface area contributed by atoms with E-state index in [-0.39, 0.29) is 5.97 Å². The Kier molecular flexibility index (Phi) is 34.0. The van der Waals surface area contributed by atoms with Crippen LogP contribution in [0.2, 0.25) is 0 Å². The van der Waals surface area contributed by atoms with E-state index in [2.05, 4.69) is 13.8 Å². The first-order valence-corrected chi connectivity index (χ1v) is 18.0. The monoisotopic (exact) mass is 537 g/mol. The first kappa shape index (κ1) is 37.5. The van der Waals surface area contributed by atoms with Crippen molar-refractivity contribution in [2.45, 2.75) is 219 Å². The summed E-state index contributed by atoms with van der Waals surface area (Å²) in [5.41, 5.74) is 0. The topological polar surface area (TPSA) is 26.3 Å². The lowest BCUT2D eigenvalue weighted by atomic mass is 10.0. The van der Waals surface area contributed by atoms with Crippen molar-refractivity contribution in [1.82, 2.24) is 0 Å². The molecule has 0 aromatic rings. The third-order valence-corrected chi connectivity index (χ3v) is 8.25. The standard InChI is InChI=1S/C36H72O2/c1-3-5-7-9-11-13-14-15-16-17-18-19-20-21-22-23-24-25-27-29-31-33-35-38-36(37)34-32-30-28-26-12-10-8-6-4-2/h3-35H2,1-2H3. The van der Waals surface area contributed by atoms with Gasteiger partial charge in [0.15, 0.2) is 0 Å². The Balaban J connectivity index is 3.11. The van der Waals surface area contributed by atoms with E-state index < -0.39 is 0 Å². The van der Waals surface area contributed by atoms with Crippen molar-refractivity contribution in [2.24, 2.45) is 0 Å². The number of carbonyl (C=O) groups is 1. The molecule has 0 atom stereocenters. The minimum atomic E-state index is 0.0245. The summed E-state index contributed by atoms with van der Waals surface area (Å²) in [6, 6.07) is 0. The number of hydrogen-bond donors (Lipinski definition) is 0. The van der Waals surface area contributed by atoms with Crippen molar-refractivity contribution < 1.29 is 9.53 Å². The Labute approximate surface area is 241 Å². The van der Waals surface area contributed by atoms with Crippen molar-refractivity contribution in [2.75, 3.05) is 6.61 Å². The molecule has 0 fully saturated rings. The second-order valence-electron chi connectivity index (χ2n) is 12.2. The van der Waals surface area contributed by atoms with Crippen LogP contribution >= 0.6 is 0 Å². The summed E-state index contributed by atoms with van der Waals surface area (Å²) < 4.78 is 5.42. The molecule has 0 heterocycles. The molecule has 2 heteroatoms. The molecule has 0 aromatic heterocycles. The van der Waals surface area contributed by atoms with Gasteiger partial charge < -0.3 is 4.74 Å². The number of hydrogen-bond acceptors (Lipinski definition) is 2. The van der Waals surface area contributed by atoms with Crippen molar-refractivity contribution in [3.8, 4) is 0 Å². The Bertz CT molecular complexity index is 433. The van der Waals surface area contributed by atoms with E-state index in [1.807, 2.05) is 0 Å². The predicted molar refractivity (Wildman–Crippen MR) is 170 cm³/mol. The Morgan fingerprint density at radius 1 is 0.342 bits per heavy atom. The van der Waals surface area contributed by atoms with Gasteiger partial charge >= 0.3 is 5.97 Å². The summed E-state index contributed by atoms with van der Waals surface area (Å²) in [6.45, 7) is 5.20. The van der Waals surface area contributed by atoms with Crippen LogP contribution in [0.5, 0.6) is 0 Å². The molecule has 0 saturated heterocycles. The lowest BCUT2D eigenvalue weighted by Crippen LogP contribution is -2.05. The average Bonchev–Trinajstić information content (AvgIpc) is 2.92. The Morgan fingerprint density at radius 3 is 0.868 bits per heavy atom. The maximum absolute atomic E-state index is 11.8. The molecule has 0 amide bonds. The Morgan fingerprint density at radius 2 is 0.579 bits per heavy atom. The molecule has 0 N–H and O–H groups in total. The molecule has 0 radical (unpaired) electrons. The third-order valence-electron chi connectivity index (χ3n) is 8.25. The van der Waals surface area contributed by atoms with Crippen molar-refractivity contribution in [3.63, 3.8) is 0 Å². The highest BCUT2D eigenvalue weighted by Gasteiger charge is 2.02. The molecular formula is C36H72O2. The number of rotatable bonds is 33. The van der Waals surface area contributed by atoms with Gasteiger partial charge in [0.2, 0.25) is 0 Å². The van der Waals surface area contributed by atoms with Gasteiger partial charge in [-0.2, -0.15) is 0 Å². The SMILES string of the molecule is CCCCCCCCCCCCCCCCCCCCCCCCOC(=O)CCCCCCCCCCC. The van der Waals surface area contributed by atoms with Gasteiger partial charge in [0.05, 0.1) is 6.61 Å². The predicted octanol–water partition coefficient (Wildman–Crippen LogP) is 13.1. The fourth-order valence-electron chi connectivity index (χ4n) is 5.55. The van der Waals surface area contributed by atoms with Gasteiger partial charge in [-0.15, -0.1) is 0 Å². The highest BCUT2D eigenvalue weighted by Crippen LogP contribution is 2.15. The summed E-state index contributed by atoms with van der Waals surface area (Å²) in [4.78, 5) is 11.8. The second-order valence-corrected chi connectivity index (χ2v) is 12.2. The molecule has 38 heavy (non-hydrogen) atoms. The van der Waals surface area contributed by atoms with Crippen LogP contribution < -0.4 is 0 Å². The van der Waals surface area contributed by atoms with Crippen LogP contribution in [-0.2, 0) is 9.53 Å². The summed E-state index contributed by atoms with van der Waals surface area (Å²) in [5.74, 6) is 0.0245. The normalized spacial score (nSPS) is 11.3. The molecule has 0 aliphatic rings.